The third-order valence-electron chi connectivity index (χ3n) is 1.88. The zero-order valence-corrected chi connectivity index (χ0v) is 10.3. The molecule has 0 aliphatic rings. The Bertz CT molecular complexity index is 304. The van der Waals surface area contributed by atoms with Gasteiger partial charge in [-0.3, -0.25) is 0 Å². The van der Waals surface area contributed by atoms with Gasteiger partial charge in [0.25, 0.3) is 0 Å². The van der Waals surface area contributed by atoms with E-state index < -0.39 is 0 Å². The number of thioether (sulfide) groups is 1. The van der Waals surface area contributed by atoms with Gasteiger partial charge in [0, 0.05) is 11.8 Å². The second-order valence-electron chi connectivity index (χ2n) is 2.91. The van der Waals surface area contributed by atoms with Gasteiger partial charge in [-0.1, -0.05) is 42.3 Å². The molecule has 1 unspecified atom stereocenters. The van der Waals surface area contributed by atoms with Crippen molar-refractivity contribution in [2.45, 2.75) is 13.0 Å². The van der Waals surface area contributed by atoms with Crippen molar-refractivity contribution in [3.8, 4) is 0 Å². The summed E-state index contributed by atoms with van der Waals surface area (Å²) in [5.74, 6) is 1.93. The van der Waals surface area contributed by atoms with Crippen LogP contribution in [0.3, 0.4) is 0 Å². The molecule has 1 aromatic carbocycles. The molecule has 14 heavy (non-hydrogen) atoms. The molecule has 0 amide bonds. The van der Waals surface area contributed by atoms with E-state index in [1.54, 1.807) is 17.8 Å². The predicted molar refractivity (Wildman–Crippen MR) is 66.4 cm³/mol. The van der Waals surface area contributed by atoms with Crippen molar-refractivity contribution in [1.82, 2.24) is 0 Å². The van der Waals surface area contributed by atoms with Gasteiger partial charge < -0.3 is 5.73 Å². The summed E-state index contributed by atoms with van der Waals surface area (Å²) < 4.78 is 0. The smallest absolute Gasteiger partial charge is 0.0640 e. The molecule has 0 aromatic heterocycles. The van der Waals surface area contributed by atoms with Crippen LogP contribution in [0.5, 0.6) is 0 Å². The van der Waals surface area contributed by atoms with Crippen molar-refractivity contribution >= 4 is 35.0 Å². The van der Waals surface area contributed by atoms with Crippen LogP contribution in [0.15, 0.2) is 18.2 Å². The maximum absolute atomic E-state index is 6.05. The fourth-order valence-electron chi connectivity index (χ4n) is 1.14. The quantitative estimate of drug-likeness (QED) is 0.880. The molecule has 78 valence electrons. The molecular weight excluding hydrogens is 237 g/mol. The van der Waals surface area contributed by atoms with Crippen molar-refractivity contribution in [3.05, 3.63) is 33.8 Å². The van der Waals surface area contributed by atoms with Gasteiger partial charge in [0.2, 0.25) is 0 Å². The normalized spacial score (nSPS) is 12.9. The first-order valence-corrected chi connectivity index (χ1v) is 6.35. The van der Waals surface area contributed by atoms with Crippen LogP contribution >= 0.6 is 35.0 Å². The Kier molecular flexibility index (Phi) is 5.10. The predicted octanol–water partition coefficient (Wildman–Crippen LogP) is 3.75. The monoisotopic (exact) mass is 249 g/mol. The highest BCUT2D eigenvalue weighted by Crippen LogP contribution is 2.30. The lowest BCUT2D eigenvalue weighted by Crippen LogP contribution is -2.13. The molecule has 4 heteroatoms. The largest absolute Gasteiger partial charge is 0.323 e. The summed E-state index contributed by atoms with van der Waals surface area (Å²) >= 11 is 13.7. The lowest BCUT2D eigenvalue weighted by molar-refractivity contribution is 0.832. The number of rotatable bonds is 4. The summed E-state index contributed by atoms with van der Waals surface area (Å²) in [6.45, 7) is 2.11. The Morgan fingerprint density at radius 1 is 1.43 bits per heavy atom. The number of nitrogens with two attached hydrogens (primary N) is 1. The topological polar surface area (TPSA) is 26.0 Å². The molecule has 0 saturated carbocycles. The van der Waals surface area contributed by atoms with Gasteiger partial charge >= 0.3 is 0 Å². The lowest BCUT2D eigenvalue weighted by atomic mass is 10.1. The van der Waals surface area contributed by atoms with Crippen LogP contribution in [0.1, 0.15) is 18.5 Å². The summed E-state index contributed by atoms with van der Waals surface area (Å²) in [6.07, 6.45) is 0. The Labute approximate surface area is 99.0 Å². The van der Waals surface area contributed by atoms with E-state index in [1.165, 1.54) is 0 Å². The molecule has 0 fully saturated rings. The van der Waals surface area contributed by atoms with E-state index in [0.29, 0.717) is 10.0 Å². The maximum atomic E-state index is 6.05. The van der Waals surface area contributed by atoms with Gasteiger partial charge in [-0.05, 0) is 17.4 Å². The van der Waals surface area contributed by atoms with Crippen LogP contribution in [0.4, 0.5) is 0 Å². The number of benzene rings is 1. The highest BCUT2D eigenvalue weighted by Gasteiger charge is 2.11. The number of hydrogen-bond donors (Lipinski definition) is 1. The summed E-state index contributed by atoms with van der Waals surface area (Å²) in [5.41, 5.74) is 6.92. The van der Waals surface area contributed by atoms with Crippen LogP contribution in [-0.4, -0.2) is 11.5 Å². The maximum Gasteiger partial charge on any atom is 0.0640 e. The minimum Gasteiger partial charge on any atom is -0.323 e. The van der Waals surface area contributed by atoms with Gasteiger partial charge in [0.1, 0.15) is 0 Å². The second-order valence-corrected chi connectivity index (χ2v) is 5.01. The Balaban J connectivity index is 2.79. The molecule has 0 aliphatic heterocycles. The van der Waals surface area contributed by atoms with E-state index in [0.717, 1.165) is 17.1 Å². The molecule has 0 saturated heterocycles. The Morgan fingerprint density at radius 3 is 2.79 bits per heavy atom. The summed E-state index contributed by atoms with van der Waals surface area (Å²) in [7, 11) is 0. The average Bonchev–Trinajstić information content (AvgIpc) is 2.18. The fourth-order valence-corrected chi connectivity index (χ4v) is 2.26. The summed E-state index contributed by atoms with van der Waals surface area (Å²) in [6, 6.07) is 5.54. The molecular formula is C10H13Cl2NS. The molecule has 1 atom stereocenters. The van der Waals surface area contributed by atoms with E-state index in [-0.39, 0.29) is 6.04 Å². The molecule has 0 aliphatic carbocycles. The third-order valence-corrected chi connectivity index (χ3v) is 3.72. The molecule has 1 aromatic rings. The van der Waals surface area contributed by atoms with Crippen LogP contribution in [0, 0.1) is 0 Å². The third kappa shape index (κ3) is 3.06. The van der Waals surface area contributed by atoms with Gasteiger partial charge in [-0.25, -0.2) is 0 Å². The average molecular weight is 250 g/mol. The molecule has 2 N–H and O–H groups in total. The van der Waals surface area contributed by atoms with Gasteiger partial charge in [-0.15, -0.1) is 0 Å². The molecule has 1 rings (SSSR count). The number of hydrogen-bond acceptors (Lipinski definition) is 2. The Morgan fingerprint density at radius 2 is 2.14 bits per heavy atom. The van der Waals surface area contributed by atoms with Crippen molar-refractivity contribution in [2.24, 2.45) is 5.73 Å². The first kappa shape index (κ1) is 12.2. The van der Waals surface area contributed by atoms with E-state index in [9.17, 15) is 0 Å². The first-order chi connectivity index (χ1) is 6.66. The second kappa shape index (κ2) is 5.86. The minimum absolute atomic E-state index is 0.0360. The molecule has 1 nitrogen and oxygen atoms in total. The van der Waals surface area contributed by atoms with E-state index in [1.807, 2.05) is 12.1 Å². The van der Waals surface area contributed by atoms with Crippen molar-refractivity contribution in [1.29, 1.82) is 0 Å². The number of halogens is 2. The van der Waals surface area contributed by atoms with E-state index in [4.69, 9.17) is 28.9 Å². The zero-order chi connectivity index (χ0) is 10.6. The van der Waals surface area contributed by atoms with Crippen LogP contribution < -0.4 is 5.73 Å². The van der Waals surface area contributed by atoms with Gasteiger partial charge in [0.15, 0.2) is 0 Å². The van der Waals surface area contributed by atoms with Crippen molar-refractivity contribution in [3.63, 3.8) is 0 Å². The standard InChI is InChI=1S/C10H13Cl2NS/c1-2-14-6-9(13)7-4-3-5-8(11)10(7)12/h3-5,9H,2,6,13H2,1H3. The van der Waals surface area contributed by atoms with Crippen LogP contribution in [0.25, 0.3) is 0 Å². The molecule has 0 bridgehead atoms. The molecule has 0 heterocycles. The van der Waals surface area contributed by atoms with Crippen molar-refractivity contribution < 1.29 is 0 Å². The Hall–Kier alpha value is 0.110. The summed E-state index contributed by atoms with van der Waals surface area (Å²) in [5, 5.41) is 1.15. The fraction of sp³-hybridized carbons (Fsp3) is 0.400. The van der Waals surface area contributed by atoms with Crippen LogP contribution in [-0.2, 0) is 0 Å². The van der Waals surface area contributed by atoms with E-state index >= 15 is 0 Å². The summed E-state index contributed by atoms with van der Waals surface area (Å²) in [4.78, 5) is 0. The molecule has 0 spiro atoms. The van der Waals surface area contributed by atoms with Crippen LogP contribution in [0.2, 0.25) is 10.0 Å². The zero-order valence-electron chi connectivity index (χ0n) is 7.97. The van der Waals surface area contributed by atoms with Gasteiger partial charge in [-0.2, -0.15) is 11.8 Å². The SMILES string of the molecule is CCSCC(N)c1cccc(Cl)c1Cl. The van der Waals surface area contributed by atoms with E-state index in [2.05, 4.69) is 6.92 Å². The highest BCUT2D eigenvalue weighted by atomic mass is 35.5. The molecule has 0 radical (unpaired) electrons. The highest BCUT2D eigenvalue weighted by molar-refractivity contribution is 7.99. The minimum atomic E-state index is -0.0360. The van der Waals surface area contributed by atoms with Gasteiger partial charge in [0.05, 0.1) is 10.0 Å². The first-order valence-electron chi connectivity index (χ1n) is 4.44. The van der Waals surface area contributed by atoms with Crippen molar-refractivity contribution in [2.75, 3.05) is 11.5 Å². The lowest BCUT2D eigenvalue weighted by Gasteiger charge is -2.13.